The Labute approximate surface area is 127 Å². The second-order valence-corrected chi connectivity index (χ2v) is 5.06. The minimum Gasteiger partial charge on any atom is -0.338 e. The van der Waals surface area contributed by atoms with Gasteiger partial charge in [-0.15, -0.1) is 0 Å². The molecule has 0 saturated heterocycles. The summed E-state index contributed by atoms with van der Waals surface area (Å²) in [6.45, 7) is 3.70. The molecule has 6 heteroatoms. The van der Waals surface area contributed by atoms with Crippen molar-refractivity contribution in [2.75, 3.05) is 5.32 Å². The van der Waals surface area contributed by atoms with Crippen molar-refractivity contribution in [3.05, 3.63) is 59.5 Å². The van der Waals surface area contributed by atoms with Gasteiger partial charge in [0.05, 0.1) is 17.8 Å². The third-order valence-corrected chi connectivity index (χ3v) is 3.48. The molecule has 0 fully saturated rings. The predicted molar refractivity (Wildman–Crippen MR) is 81.9 cm³/mol. The van der Waals surface area contributed by atoms with Gasteiger partial charge in [0.15, 0.2) is 0 Å². The summed E-state index contributed by atoms with van der Waals surface area (Å²) in [5.74, 6) is 0.279. The SMILES string of the molecule is Cc1noc(NC(=O)Cc2ccc(-n3cccn3)cc2)c1C. The second kappa shape index (κ2) is 5.85. The molecule has 1 N–H and O–H groups in total. The highest BCUT2D eigenvalue weighted by Crippen LogP contribution is 2.17. The Morgan fingerprint density at radius 2 is 2.05 bits per heavy atom. The topological polar surface area (TPSA) is 73.0 Å². The van der Waals surface area contributed by atoms with E-state index >= 15 is 0 Å². The van der Waals surface area contributed by atoms with Crippen LogP contribution in [-0.4, -0.2) is 20.8 Å². The number of hydrogen-bond acceptors (Lipinski definition) is 4. The van der Waals surface area contributed by atoms with Crippen LogP contribution in [0, 0.1) is 13.8 Å². The third kappa shape index (κ3) is 2.90. The Hall–Kier alpha value is -2.89. The van der Waals surface area contributed by atoms with E-state index in [9.17, 15) is 4.79 Å². The number of benzene rings is 1. The van der Waals surface area contributed by atoms with Gasteiger partial charge in [0.2, 0.25) is 11.8 Å². The summed E-state index contributed by atoms with van der Waals surface area (Å²) < 4.78 is 6.85. The van der Waals surface area contributed by atoms with E-state index in [0.717, 1.165) is 22.5 Å². The van der Waals surface area contributed by atoms with Gasteiger partial charge in [0.1, 0.15) is 0 Å². The molecule has 112 valence electrons. The highest BCUT2D eigenvalue weighted by molar-refractivity contribution is 5.91. The summed E-state index contributed by atoms with van der Waals surface area (Å²) in [4.78, 5) is 12.0. The minimum absolute atomic E-state index is 0.133. The van der Waals surface area contributed by atoms with Gasteiger partial charge < -0.3 is 4.52 Å². The summed E-state index contributed by atoms with van der Waals surface area (Å²) in [5, 5.41) is 10.7. The lowest BCUT2D eigenvalue weighted by molar-refractivity contribution is -0.115. The van der Waals surface area contributed by atoms with Crippen LogP contribution >= 0.6 is 0 Å². The molecule has 0 bridgehead atoms. The molecule has 6 nitrogen and oxygen atoms in total. The molecule has 2 aromatic heterocycles. The van der Waals surface area contributed by atoms with Gasteiger partial charge in [0, 0.05) is 18.0 Å². The molecule has 0 radical (unpaired) electrons. The first-order chi connectivity index (χ1) is 10.6. The van der Waals surface area contributed by atoms with Crippen molar-refractivity contribution in [1.29, 1.82) is 0 Å². The Morgan fingerprint density at radius 1 is 1.27 bits per heavy atom. The maximum Gasteiger partial charge on any atom is 0.234 e. The quantitative estimate of drug-likeness (QED) is 0.803. The molecule has 0 spiro atoms. The number of carbonyl (C=O) groups excluding carboxylic acids is 1. The smallest absolute Gasteiger partial charge is 0.234 e. The summed E-state index contributed by atoms with van der Waals surface area (Å²) in [5.41, 5.74) is 3.50. The Balaban J connectivity index is 1.65. The number of rotatable bonds is 4. The van der Waals surface area contributed by atoms with Crippen molar-refractivity contribution in [3.63, 3.8) is 0 Å². The third-order valence-electron chi connectivity index (χ3n) is 3.48. The summed E-state index contributed by atoms with van der Waals surface area (Å²) in [7, 11) is 0. The number of aromatic nitrogens is 3. The van der Waals surface area contributed by atoms with E-state index < -0.39 is 0 Å². The summed E-state index contributed by atoms with van der Waals surface area (Å²) in [6, 6.07) is 9.55. The molecule has 3 rings (SSSR count). The molecule has 22 heavy (non-hydrogen) atoms. The van der Waals surface area contributed by atoms with Crippen LogP contribution in [0.5, 0.6) is 0 Å². The zero-order valence-electron chi connectivity index (χ0n) is 12.4. The van der Waals surface area contributed by atoms with Gasteiger partial charge in [-0.1, -0.05) is 17.3 Å². The van der Waals surface area contributed by atoms with Crippen molar-refractivity contribution < 1.29 is 9.32 Å². The largest absolute Gasteiger partial charge is 0.338 e. The minimum atomic E-state index is -0.133. The molecule has 0 aliphatic heterocycles. The van der Waals surface area contributed by atoms with Crippen molar-refractivity contribution in [2.24, 2.45) is 0 Å². The highest BCUT2D eigenvalue weighted by atomic mass is 16.5. The molecule has 3 aromatic rings. The Bertz CT molecular complexity index is 773. The molecule has 0 atom stereocenters. The fraction of sp³-hybridized carbons (Fsp3) is 0.188. The van der Waals surface area contributed by atoms with Crippen molar-refractivity contribution in [3.8, 4) is 5.69 Å². The Morgan fingerprint density at radius 3 is 2.64 bits per heavy atom. The number of nitrogens with zero attached hydrogens (tertiary/aromatic N) is 3. The van der Waals surface area contributed by atoms with E-state index in [1.807, 2.05) is 50.4 Å². The van der Waals surface area contributed by atoms with E-state index in [0.29, 0.717) is 5.88 Å². The molecule has 2 heterocycles. The standard InChI is InChI=1S/C16H16N4O2/c1-11-12(2)19-22-16(11)18-15(21)10-13-4-6-14(7-5-13)20-9-3-8-17-20/h3-9H,10H2,1-2H3,(H,18,21). The van der Waals surface area contributed by atoms with Gasteiger partial charge in [-0.3, -0.25) is 10.1 Å². The molecule has 1 aromatic carbocycles. The van der Waals surface area contributed by atoms with Gasteiger partial charge in [-0.05, 0) is 37.6 Å². The molecule has 0 saturated carbocycles. The predicted octanol–water partition coefficient (Wildman–Crippen LogP) is 2.66. The first kappa shape index (κ1) is 14.1. The van der Waals surface area contributed by atoms with Gasteiger partial charge in [-0.25, -0.2) is 4.68 Å². The fourth-order valence-electron chi connectivity index (χ4n) is 2.08. The summed E-state index contributed by atoms with van der Waals surface area (Å²) in [6.07, 6.45) is 3.87. The van der Waals surface area contributed by atoms with E-state index in [1.165, 1.54) is 0 Å². The molecular formula is C16H16N4O2. The van der Waals surface area contributed by atoms with Crippen LogP contribution in [0.25, 0.3) is 5.69 Å². The van der Waals surface area contributed by atoms with E-state index in [-0.39, 0.29) is 12.3 Å². The van der Waals surface area contributed by atoms with E-state index in [1.54, 1.807) is 10.9 Å². The highest BCUT2D eigenvalue weighted by Gasteiger charge is 2.12. The number of carbonyl (C=O) groups is 1. The van der Waals surface area contributed by atoms with Crippen molar-refractivity contribution in [1.82, 2.24) is 14.9 Å². The average molecular weight is 296 g/mol. The number of anilines is 1. The van der Waals surface area contributed by atoms with Crippen LogP contribution in [0.4, 0.5) is 5.88 Å². The lowest BCUT2D eigenvalue weighted by Gasteiger charge is -2.05. The zero-order chi connectivity index (χ0) is 15.5. The van der Waals surface area contributed by atoms with Gasteiger partial charge in [-0.2, -0.15) is 5.10 Å². The average Bonchev–Trinajstić information content (AvgIpc) is 3.14. The van der Waals surface area contributed by atoms with Crippen molar-refractivity contribution in [2.45, 2.75) is 20.3 Å². The second-order valence-electron chi connectivity index (χ2n) is 5.06. The van der Waals surface area contributed by atoms with E-state index in [2.05, 4.69) is 15.6 Å². The summed E-state index contributed by atoms with van der Waals surface area (Å²) >= 11 is 0. The maximum absolute atomic E-state index is 12.0. The molecule has 1 amide bonds. The molecule has 0 unspecified atom stereocenters. The van der Waals surface area contributed by atoms with Crippen LogP contribution in [0.15, 0.2) is 47.2 Å². The van der Waals surface area contributed by atoms with Gasteiger partial charge in [0.25, 0.3) is 0 Å². The molecule has 0 aliphatic rings. The van der Waals surface area contributed by atoms with E-state index in [4.69, 9.17) is 4.52 Å². The molecule has 0 aliphatic carbocycles. The number of hydrogen-bond donors (Lipinski definition) is 1. The lowest BCUT2D eigenvalue weighted by atomic mass is 10.1. The number of aryl methyl sites for hydroxylation is 1. The van der Waals surface area contributed by atoms with Crippen LogP contribution in [0.2, 0.25) is 0 Å². The number of nitrogens with one attached hydrogen (secondary N) is 1. The van der Waals surface area contributed by atoms with Gasteiger partial charge >= 0.3 is 0 Å². The normalized spacial score (nSPS) is 10.6. The number of amides is 1. The fourth-order valence-corrected chi connectivity index (χ4v) is 2.08. The lowest BCUT2D eigenvalue weighted by Crippen LogP contribution is -2.14. The van der Waals surface area contributed by atoms with Crippen molar-refractivity contribution >= 4 is 11.8 Å². The monoisotopic (exact) mass is 296 g/mol. The zero-order valence-corrected chi connectivity index (χ0v) is 12.4. The van der Waals surface area contributed by atoms with Crippen LogP contribution in [0.1, 0.15) is 16.8 Å². The first-order valence-corrected chi connectivity index (χ1v) is 6.95. The Kier molecular flexibility index (Phi) is 3.74. The first-order valence-electron chi connectivity index (χ1n) is 6.95. The van der Waals surface area contributed by atoms with Crippen LogP contribution in [0.3, 0.4) is 0 Å². The maximum atomic E-state index is 12.0. The van der Waals surface area contributed by atoms with Crippen LogP contribution < -0.4 is 5.32 Å². The molecular weight excluding hydrogens is 280 g/mol. The van der Waals surface area contributed by atoms with Crippen LogP contribution in [-0.2, 0) is 11.2 Å².